The Morgan fingerprint density at radius 1 is 1.29 bits per heavy atom. The van der Waals surface area contributed by atoms with Gasteiger partial charge in [0, 0.05) is 19.3 Å². The van der Waals surface area contributed by atoms with Crippen LogP contribution in [0, 0.1) is 13.8 Å². The van der Waals surface area contributed by atoms with Crippen LogP contribution in [0.1, 0.15) is 23.4 Å². The predicted octanol–water partition coefficient (Wildman–Crippen LogP) is 2.52. The number of carboxylic acid groups (broad SMARTS) is 1. The van der Waals surface area contributed by atoms with Gasteiger partial charge >= 0.3 is 5.97 Å². The molecule has 0 radical (unpaired) electrons. The standard InChI is InChI=1S/C16H21N3O2/c1-12-4-6-14(7-5-12)19(9-8-16(20)21)11-15-10-13(2)17-18(15)3/h4-7,10H,8-9,11H2,1-3H3,(H,20,21). The number of aliphatic carboxylic acids is 1. The lowest BCUT2D eigenvalue weighted by molar-refractivity contribution is -0.136. The Morgan fingerprint density at radius 3 is 2.48 bits per heavy atom. The van der Waals surface area contributed by atoms with Crippen molar-refractivity contribution < 1.29 is 9.90 Å². The first-order chi connectivity index (χ1) is 9.95. The summed E-state index contributed by atoms with van der Waals surface area (Å²) in [5.41, 5.74) is 4.25. The third-order valence-electron chi connectivity index (χ3n) is 3.45. The van der Waals surface area contributed by atoms with Crippen molar-refractivity contribution in [3.8, 4) is 0 Å². The van der Waals surface area contributed by atoms with Crippen LogP contribution in [0.15, 0.2) is 30.3 Å². The second-order valence-corrected chi connectivity index (χ2v) is 5.30. The normalized spacial score (nSPS) is 10.6. The van der Waals surface area contributed by atoms with E-state index in [-0.39, 0.29) is 6.42 Å². The van der Waals surface area contributed by atoms with Crippen LogP contribution in [0.25, 0.3) is 0 Å². The monoisotopic (exact) mass is 287 g/mol. The van der Waals surface area contributed by atoms with E-state index in [1.807, 2.05) is 55.9 Å². The van der Waals surface area contributed by atoms with Crippen molar-refractivity contribution in [2.24, 2.45) is 7.05 Å². The van der Waals surface area contributed by atoms with Gasteiger partial charge in [0.25, 0.3) is 0 Å². The van der Waals surface area contributed by atoms with Crippen LogP contribution in [0.4, 0.5) is 5.69 Å². The summed E-state index contributed by atoms with van der Waals surface area (Å²) in [6, 6.07) is 10.2. The SMILES string of the molecule is Cc1ccc(N(CCC(=O)O)Cc2cc(C)nn2C)cc1. The van der Waals surface area contributed by atoms with Crippen molar-refractivity contribution in [1.29, 1.82) is 0 Å². The molecule has 0 fully saturated rings. The number of hydrogen-bond acceptors (Lipinski definition) is 3. The molecule has 0 aliphatic rings. The van der Waals surface area contributed by atoms with Gasteiger partial charge in [0.2, 0.25) is 0 Å². The van der Waals surface area contributed by atoms with Crippen LogP contribution in [-0.4, -0.2) is 27.4 Å². The van der Waals surface area contributed by atoms with Crippen molar-refractivity contribution in [2.75, 3.05) is 11.4 Å². The van der Waals surface area contributed by atoms with Gasteiger partial charge in [-0.1, -0.05) is 17.7 Å². The first-order valence-corrected chi connectivity index (χ1v) is 6.98. The lowest BCUT2D eigenvalue weighted by Crippen LogP contribution is -2.26. The summed E-state index contributed by atoms with van der Waals surface area (Å²) >= 11 is 0. The van der Waals surface area contributed by atoms with Crippen LogP contribution in [-0.2, 0) is 18.4 Å². The lowest BCUT2D eigenvalue weighted by atomic mass is 10.2. The molecule has 0 atom stereocenters. The van der Waals surface area contributed by atoms with Gasteiger partial charge < -0.3 is 10.0 Å². The van der Waals surface area contributed by atoms with Crippen LogP contribution in [0.2, 0.25) is 0 Å². The second-order valence-electron chi connectivity index (χ2n) is 5.30. The summed E-state index contributed by atoms with van der Waals surface area (Å²) < 4.78 is 1.84. The number of carboxylic acids is 1. The zero-order valence-electron chi connectivity index (χ0n) is 12.7. The van der Waals surface area contributed by atoms with Gasteiger partial charge in [-0.05, 0) is 32.0 Å². The fourth-order valence-corrected chi connectivity index (χ4v) is 2.29. The number of hydrogen-bond donors (Lipinski definition) is 1. The minimum atomic E-state index is -0.784. The fourth-order valence-electron chi connectivity index (χ4n) is 2.29. The largest absolute Gasteiger partial charge is 0.481 e. The summed E-state index contributed by atoms with van der Waals surface area (Å²) in [5.74, 6) is -0.784. The Morgan fingerprint density at radius 2 is 1.95 bits per heavy atom. The Balaban J connectivity index is 2.21. The van der Waals surface area contributed by atoms with Gasteiger partial charge in [-0.2, -0.15) is 5.10 Å². The number of aromatic nitrogens is 2. The molecule has 2 rings (SSSR count). The first-order valence-electron chi connectivity index (χ1n) is 6.98. The summed E-state index contributed by atoms with van der Waals surface area (Å²) in [6.45, 7) is 5.11. The first kappa shape index (κ1) is 15.1. The molecule has 0 aliphatic carbocycles. The molecule has 5 heteroatoms. The number of benzene rings is 1. The topological polar surface area (TPSA) is 58.4 Å². The molecule has 1 aromatic carbocycles. The smallest absolute Gasteiger partial charge is 0.305 e. The molecule has 0 saturated heterocycles. The molecule has 0 unspecified atom stereocenters. The second kappa shape index (κ2) is 6.43. The summed E-state index contributed by atoms with van der Waals surface area (Å²) in [6.07, 6.45) is 0.116. The van der Waals surface area contributed by atoms with E-state index in [4.69, 9.17) is 5.11 Å². The van der Waals surface area contributed by atoms with Crippen molar-refractivity contribution in [3.63, 3.8) is 0 Å². The molecule has 112 valence electrons. The number of anilines is 1. The number of rotatable bonds is 6. The highest BCUT2D eigenvalue weighted by Gasteiger charge is 2.12. The van der Waals surface area contributed by atoms with Crippen molar-refractivity contribution >= 4 is 11.7 Å². The number of aryl methyl sites for hydroxylation is 3. The molecule has 2 aromatic rings. The van der Waals surface area contributed by atoms with E-state index < -0.39 is 5.97 Å². The highest BCUT2D eigenvalue weighted by Crippen LogP contribution is 2.18. The third-order valence-corrected chi connectivity index (χ3v) is 3.45. The highest BCUT2D eigenvalue weighted by molar-refractivity contribution is 5.67. The van der Waals surface area contributed by atoms with Crippen molar-refractivity contribution in [2.45, 2.75) is 26.8 Å². The van der Waals surface area contributed by atoms with Crippen LogP contribution in [0.3, 0.4) is 0 Å². The van der Waals surface area contributed by atoms with Gasteiger partial charge in [0.1, 0.15) is 0 Å². The molecule has 1 N–H and O–H groups in total. The Bertz CT molecular complexity index is 617. The Hall–Kier alpha value is -2.30. The third kappa shape index (κ3) is 4.08. The van der Waals surface area contributed by atoms with Gasteiger partial charge in [-0.25, -0.2) is 0 Å². The van der Waals surface area contributed by atoms with Gasteiger partial charge in [0.05, 0.1) is 24.4 Å². The molecule has 0 bridgehead atoms. The van der Waals surface area contributed by atoms with E-state index in [9.17, 15) is 4.79 Å². The molecule has 0 amide bonds. The average Bonchev–Trinajstić information content (AvgIpc) is 2.73. The van der Waals surface area contributed by atoms with Crippen molar-refractivity contribution in [1.82, 2.24) is 9.78 Å². The van der Waals surface area contributed by atoms with Gasteiger partial charge in [-0.15, -0.1) is 0 Å². The van der Waals surface area contributed by atoms with E-state index in [1.54, 1.807) is 0 Å². The van der Waals surface area contributed by atoms with Crippen LogP contribution in [0.5, 0.6) is 0 Å². The van der Waals surface area contributed by atoms with Crippen LogP contribution < -0.4 is 4.90 Å². The maximum Gasteiger partial charge on any atom is 0.305 e. The van der Waals surface area contributed by atoms with E-state index in [0.29, 0.717) is 13.1 Å². The average molecular weight is 287 g/mol. The molecule has 0 saturated carbocycles. The molecule has 5 nitrogen and oxygen atoms in total. The van der Waals surface area contributed by atoms with E-state index in [2.05, 4.69) is 10.00 Å². The van der Waals surface area contributed by atoms with Crippen molar-refractivity contribution in [3.05, 3.63) is 47.3 Å². The maximum absolute atomic E-state index is 10.9. The molecular formula is C16H21N3O2. The zero-order valence-corrected chi connectivity index (χ0v) is 12.7. The molecule has 0 spiro atoms. The van der Waals surface area contributed by atoms with E-state index >= 15 is 0 Å². The Labute approximate surface area is 124 Å². The highest BCUT2D eigenvalue weighted by atomic mass is 16.4. The van der Waals surface area contributed by atoms with Gasteiger partial charge in [-0.3, -0.25) is 9.48 Å². The zero-order chi connectivity index (χ0) is 15.4. The minimum absolute atomic E-state index is 0.116. The number of nitrogens with zero attached hydrogens (tertiary/aromatic N) is 3. The molecule has 1 heterocycles. The molecule has 0 aliphatic heterocycles. The maximum atomic E-state index is 10.9. The van der Waals surface area contributed by atoms with E-state index in [0.717, 1.165) is 17.1 Å². The molecule has 1 aromatic heterocycles. The quantitative estimate of drug-likeness (QED) is 0.887. The summed E-state index contributed by atoms with van der Waals surface area (Å²) in [4.78, 5) is 12.9. The fraction of sp³-hybridized carbons (Fsp3) is 0.375. The van der Waals surface area contributed by atoms with Crippen LogP contribution >= 0.6 is 0 Å². The summed E-state index contributed by atoms with van der Waals surface area (Å²) in [5, 5.41) is 13.3. The lowest BCUT2D eigenvalue weighted by Gasteiger charge is -2.24. The summed E-state index contributed by atoms with van der Waals surface area (Å²) in [7, 11) is 1.91. The molecule has 21 heavy (non-hydrogen) atoms. The minimum Gasteiger partial charge on any atom is -0.481 e. The van der Waals surface area contributed by atoms with E-state index in [1.165, 1.54) is 5.56 Å². The number of carbonyl (C=O) groups is 1. The Kier molecular flexibility index (Phi) is 4.62. The molecular weight excluding hydrogens is 266 g/mol. The predicted molar refractivity (Wildman–Crippen MR) is 82.4 cm³/mol. The van der Waals surface area contributed by atoms with Gasteiger partial charge in [0.15, 0.2) is 0 Å².